The molecule has 1 N–H and O–H groups in total. The van der Waals surface area contributed by atoms with Crippen LogP contribution in [0.3, 0.4) is 0 Å². The van der Waals surface area contributed by atoms with E-state index in [1.54, 1.807) is 0 Å². The summed E-state index contributed by atoms with van der Waals surface area (Å²) < 4.78 is 1.87. The average Bonchev–Trinajstić information content (AvgIpc) is 2.56. The average molecular weight is 223 g/mol. The fourth-order valence-corrected chi connectivity index (χ4v) is 1.70. The second-order valence-electron chi connectivity index (χ2n) is 5.51. The topological polar surface area (TPSA) is 29.9 Å². The van der Waals surface area contributed by atoms with Gasteiger partial charge in [0, 0.05) is 18.8 Å². The summed E-state index contributed by atoms with van der Waals surface area (Å²) in [5.41, 5.74) is 1.61. The van der Waals surface area contributed by atoms with Gasteiger partial charge in [-0.2, -0.15) is 5.10 Å². The van der Waals surface area contributed by atoms with E-state index in [9.17, 15) is 0 Å². The molecular weight excluding hydrogens is 198 g/mol. The molecule has 3 nitrogen and oxygen atoms in total. The molecule has 1 heterocycles. The Bertz CT molecular complexity index is 296. The molecule has 3 heteroatoms. The van der Waals surface area contributed by atoms with Crippen molar-refractivity contribution in [2.45, 2.75) is 52.0 Å². The number of unbranched alkanes of at least 4 members (excludes halogenated alkanes) is 2. The predicted molar refractivity (Wildman–Crippen MR) is 68.5 cm³/mol. The summed E-state index contributed by atoms with van der Waals surface area (Å²) in [6, 6.07) is 0. The number of nitrogens with zero attached hydrogens (tertiary/aromatic N) is 2. The molecule has 1 rings (SSSR count). The maximum Gasteiger partial charge on any atom is 0.0521 e. The Hall–Kier alpha value is -0.830. The second-order valence-corrected chi connectivity index (χ2v) is 5.51. The molecule has 0 saturated carbocycles. The molecule has 0 bridgehead atoms. The van der Waals surface area contributed by atoms with Gasteiger partial charge in [0.25, 0.3) is 0 Å². The molecule has 1 aromatic heterocycles. The first-order valence-corrected chi connectivity index (χ1v) is 6.20. The van der Waals surface area contributed by atoms with Gasteiger partial charge in [0.2, 0.25) is 0 Å². The molecule has 0 aromatic carbocycles. The smallest absolute Gasteiger partial charge is 0.0521 e. The van der Waals surface area contributed by atoms with Crippen LogP contribution >= 0.6 is 0 Å². The normalized spacial score (nSPS) is 12.0. The third kappa shape index (κ3) is 5.91. The van der Waals surface area contributed by atoms with Crippen LogP contribution in [0.2, 0.25) is 0 Å². The Morgan fingerprint density at radius 1 is 1.25 bits per heavy atom. The first-order valence-electron chi connectivity index (χ1n) is 6.20. The van der Waals surface area contributed by atoms with E-state index >= 15 is 0 Å². The fraction of sp³-hybridized carbons (Fsp3) is 0.769. The number of nitrogens with one attached hydrogen (secondary N) is 1. The monoisotopic (exact) mass is 223 g/mol. The van der Waals surface area contributed by atoms with E-state index in [0.717, 1.165) is 13.0 Å². The van der Waals surface area contributed by atoms with Crippen LogP contribution in [0, 0.1) is 0 Å². The highest BCUT2D eigenvalue weighted by atomic mass is 15.2. The van der Waals surface area contributed by atoms with Crippen molar-refractivity contribution >= 4 is 0 Å². The summed E-state index contributed by atoms with van der Waals surface area (Å²) in [4.78, 5) is 0. The van der Waals surface area contributed by atoms with Crippen molar-refractivity contribution in [1.82, 2.24) is 15.1 Å². The number of rotatable bonds is 6. The third-order valence-corrected chi connectivity index (χ3v) is 2.56. The van der Waals surface area contributed by atoms with Crippen molar-refractivity contribution < 1.29 is 0 Å². The number of aromatic nitrogens is 2. The van der Waals surface area contributed by atoms with Gasteiger partial charge >= 0.3 is 0 Å². The zero-order chi connectivity index (χ0) is 12.0. The molecule has 0 amide bonds. The highest BCUT2D eigenvalue weighted by Gasteiger charge is 2.06. The summed E-state index contributed by atoms with van der Waals surface area (Å²) in [5.74, 6) is 0. The summed E-state index contributed by atoms with van der Waals surface area (Å²) >= 11 is 0. The van der Waals surface area contributed by atoms with Crippen LogP contribution in [0.5, 0.6) is 0 Å². The minimum Gasteiger partial charge on any atom is -0.312 e. The molecule has 0 saturated heterocycles. The number of aryl methyl sites for hydroxylation is 2. The van der Waals surface area contributed by atoms with E-state index in [-0.39, 0.29) is 5.54 Å². The van der Waals surface area contributed by atoms with Gasteiger partial charge in [0.1, 0.15) is 0 Å². The van der Waals surface area contributed by atoms with E-state index in [1.165, 1.54) is 24.8 Å². The van der Waals surface area contributed by atoms with Crippen LogP contribution in [0.1, 0.15) is 45.6 Å². The predicted octanol–water partition coefficient (Wildman–Crippen LogP) is 2.52. The summed E-state index contributed by atoms with van der Waals surface area (Å²) in [6.07, 6.45) is 9.04. The van der Waals surface area contributed by atoms with E-state index in [0.29, 0.717) is 0 Å². The largest absolute Gasteiger partial charge is 0.312 e. The van der Waals surface area contributed by atoms with Gasteiger partial charge in [-0.25, -0.2) is 0 Å². The molecule has 1 aromatic rings. The van der Waals surface area contributed by atoms with Gasteiger partial charge in [-0.05, 0) is 52.1 Å². The lowest BCUT2D eigenvalue weighted by molar-refractivity contribution is 0.417. The molecule has 0 unspecified atom stereocenters. The Balaban J connectivity index is 2.00. The zero-order valence-corrected chi connectivity index (χ0v) is 11.1. The molecular formula is C13H25N3. The van der Waals surface area contributed by atoms with Crippen molar-refractivity contribution in [3.63, 3.8) is 0 Å². The van der Waals surface area contributed by atoms with Crippen LogP contribution in [0.15, 0.2) is 12.4 Å². The molecule has 0 aliphatic carbocycles. The third-order valence-electron chi connectivity index (χ3n) is 2.56. The van der Waals surface area contributed by atoms with Crippen LogP contribution in [0.4, 0.5) is 0 Å². The molecule has 0 atom stereocenters. The minimum absolute atomic E-state index is 0.253. The zero-order valence-electron chi connectivity index (χ0n) is 11.1. The van der Waals surface area contributed by atoms with E-state index < -0.39 is 0 Å². The molecule has 0 aliphatic heterocycles. The van der Waals surface area contributed by atoms with Gasteiger partial charge in [-0.3, -0.25) is 4.68 Å². The number of hydrogen-bond donors (Lipinski definition) is 1. The van der Waals surface area contributed by atoms with E-state index in [1.807, 2.05) is 17.9 Å². The van der Waals surface area contributed by atoms with Crippen molar-refractivity contribution in [3.8, 4) is 0 Å². The second kappa shape index (κ2) is 6.04. The molecule has 0 aliphatic rings. The lowest BCUT2D eigenvalue weighted by Crippen LogP contribution is -2.36. The quantitative estimate of drug-likeness (QED) is 0.751. The Kier molecular flexibility index (Phi) is 5.00. The van der Waals surface area contributed by atoms with Crippen molar-refractivity contribution in [1.29, 1.82) is 0 Å². The van der Waals surface area contributed by atoms with Crippen LogP contribution in [-0.2, 0) is 13.5 Å². The van der Waals surface area contributed by atoms with Gasteiger partial charge in [0.15, 0.2) is 0 Å². The summed E-state index contributed by atoms with van der Waals surface area (Å²) in [7, 11) is 1.97. The van der Waals surface area contributed by atoms with E-state index in [4.69, 9.17) is 0 Å². The highest BCUT2D eigenvalue weighted by Crippen LogP contribution is 2.05. The van der Waals surface area contributed by atoms with Gasteiger partial charge in [0.05, 0.1) is 6.20 Å². The van der Waals surface area contributed by atoms with Crippen molar-refractivity contribution in [2.75, 3.05) is 6.54 Å². The van der Waals surface area contributed by atoms with Gasteiger partial charge < -0.3 is 5.32 Å². The Labute approximate surface area is 99.2 Å². The molecule has 92 valence electrons. The molecule has 0 radical (unpaired) electrons. The summed E-state index contributed by atoms with van der Waals surface area (Å²) in [6.45, 7) is 7.75. The van der Waals surface area contributed by atoms with E-state index in [2.05, 4.69) is 37.4 Å². The Morgan fingerprint density at radius 3 is 2.56 bits per heavy atom. The number of hydrogen-bond acceptors (Lipinski definition) is 2. The van der Waals surface area contributed by atoms with Crippen LogP contribution in [-0.4, -0.2) is 21.9 Å². The molecule has 0 fully saturated rings. The first-order chi connectivity index (χ1) is 7.47. The first kappa shape index (κ1) is 13.2. The Morgan fingerprint density at radius 2 is 2.00 bits per heavy atom. The fourth-order valence-electron chi connectivity index (χ4n) is 1.70. The van der Waals surface area contributed by atoms with Crippen molar-refractivity contribution in [2.24, 2.45) is 7.05 Å². The van der Waals surface area contributed by atoms with Gasteiger partial charge in [-0.1, -0.05) is 6.42 Å². The lowest BCUT2D eigenvalue weighted by atomic mass is 10.1. The lowest BCUT2D eigenvalue weighted by Gasteiger charge is -2.20. The maximum atomic E-state index is 4.17. The maximum absolute atomic E-state index is 4.17. The van der Waals surface area contributed by atoms with Gasteiger partial charge in [-0.15, -0.1) is 0 Å². The van der Waals surface area contributed by atoms with Crippen LogP contribution < -0.4 is 5.32 Å². The SMILES string of the molecule is Cn1cc(CCCCCNC(C)(C)C)cn1. The standard InChI is InChI=1S/C13H25N3/c1-13(2,3)14-9-7-5-6-8-12-10-15-16(4)11-12/h10-11,14H,5-9H2,1-4H3. The minimum atomic E-state index is 0.253. The highest BCUT2D eigenvalue weighted by molar-refractivity contribution is 5.03. The summed E-state index contributed by atoms with van der Waals surface area (Å²) in [5, 5.41) is 7.68. The molecule has 0 spiro atoms. The van der Waals surface area contributed by atoms with Crippen LogP contribution in [0.25, 0.3) is 0 Å². The van der Waals surface area contributed by atoms with Crippen molar-refractivity contribution in [3.05, 3.63) is 18.0 Å². The molecule has 16 heavy (non-hydrogen) atoms.